The summed E-state index contributed by atoms with van der Waals surface area (Å²) >= 11 is 0. The molecular weight excluding hydrogens is 486 g/mol. The third kappa shape index (κ3) is 10.7. The number of nitrogens with one attached hydrogen (secondary N) is 1. The minimum Gasteiger partial charge on any atom is -0.457 e. The molecule has 0 radical (unpaired) electrons. The van der Waals surface area contributed by atoms with Crippen molar-refractivity contribution in [3.63, 3.8) is 0 Å². The van der Waals surface area contributed by atoms with Crippen molar-refractivity contribution >= 4 is 18.2 Å². The van der Waals surface area contributed by atoms with Gasteiger partial charge in [0.2, 0.25) is 0 Å². The normalized spacial score (nSPS) is 12.5. The van der Waals surface area contributed by atoms with Crippen molar-refractivity contribution in [2.45, 2.75) is 71.8 Å². The van der Waals surface area contributed by atoms with Crippen molar-refractivity contribution in [3.8, 4) is 6.07 Å². The molecule has 0 aromatic heterocycles. The number of hydrogen-bond donors (Lipinski definition) is 1. The van der Waals surface area contributed by atoms with Crippen LogP contribution in [0.2, 0.25) is 0 Å². The minimum atomic E-state index is -1.00. The first-order valence-corrected chi connectivity index (χ1v) is 12.2. The molecule has 0 saturated heterocycles. The van der Waals surface area contributed by atoms with Crippen LogP contribution in [-0.2, 0) is 32.0 Å². The lowest BCUT2D eigenvalue weighted by atomic mass is 10.0. The van der Waals surface area contributed by atoms with E-state index in [-0.39, 0.29) is 18.6 Å². The van der Waals surface area contributed by atoms with Crippen LogP contribution in [0.1, 0.15) is 52.7 Å². The Hall–Kier alpha value is -4.32. The molecule has 2 aromatic carbocycles. The fourth-order valence-corrected chi connectivity index (χ4v) is 3.20. The Morgan fingerprint density at radius 3 is 1.92 bits per heavy atom. The summed E-state index contributed by atoms with van der Waals surface area (Å²) in [5, 5.41) is 10.7. The number of nitriles is 1. The van der Waals surface area contributed by atoms with E-state index in [9.17, 15) is 19.6 Å². The molecule has 0 fully saturated rings. The number of ether oxygens (including phenoxy) is 3. The second kappa shape index (κ2) is 13.3. The van der Waals surface area contributed by atoms with Crippen LogP contribution in [0.5, 0.6) is 0 Å². The molecule has 0 saturated carbocycles. The highest BCUT2D eigenvalue weighted by Gasteiger charge is 2.32. The van der Waals surface area contributed by atoms with Crippen molar-refractivity contribution in [2.24, 2.45) is 0 Å². The number of carbonyl (C=O) groups is 3. The number of rotatable bonds is 7. The second-order valence-electron chi connectivity index (χ2n) is 10.5. The molecule has 2 amide bonds. The summed E-state index contributed by atoms with van der Waals surface area (Å²) in [6, 6.07) is 19.0. The Bertz CT molecular complexity index is 1160. The molecule has 0 spiro atoms. The van der Waals surface area contributed by atoms with E-state index in [1.165, 1.54) is 6.08 Å². The predicted molar refractivity (Wildman–Crippen MR) is 141 cm³/mol. The maximum atomic E-state index is 13.2. The second-order valence-corrected chi connectivity index (χ2v) is 10.5. The topological polar surface area (TPSA) is 118 Å². The Morgan fingerprint density at radius 2 is 1.42 bits per heavy atom. The first-order valence-electron chi connectivity index (χ1n) is 12.2. The van der Waals surface area contributed by atoms with Crippen LogP contribution in [0.4, 0.5) is 9.59 Å². The lowest BCUT2D eigenvalue weighted by Gasteiger charge is -2.33. The van der Waals surface area contributed by atoms with Gasteiger partial charge in [-0.3, -0.25) is 0 Å². The van der Waals surface area contributed by atoms with E-state index in [4.69, 9.17) is 14.2 Å². The monoisotopic (exact) mass is 521 g/mol. The van der Waals surface area contributed by atoms with Gasteiger partial charge in [0.25, 0.3) is 0 Å². The lowest BCUT2D eigenvalue weighted by Crippen LogP contribution is -2.54. The zero-order valence-corrected chi connectivity index (χ0v) is 22.7. The van der Waals surface area contributed by atoms with Gasteiger partial charge in [0, 0.05) is 0 Å². The standard InChI is InChI=1S/C29H35N3O6/c1-28(2,3)37-26(34)31-32(27(35)38-29(4,5)6)24(17-21-13-9-7-10-14-21)18-23(19-30)25(33)36-20-22-15-11-8-12-16-22/h7-16,18,24H,17,20H2,1-6H3,(H,31,34)/b23-18+/t24-/m0/s1. The van der Waals surface area contributed by atoms with E-state index in [2.05, 4.69) is 5.43 Å². The van der Waals surface area contributed by atoms with Crippen LogP contribution in [0.15, 0.2) is 72.3 Å². The summed E-state index contributed by atoms with van der Waals surface area (Å²) < 4.78 is 16.2. The number of hydrogen-bond acceptors (Lipinski definition) is 7. The Balaban J connectivity index is 2.44. The minimum absolute atomic E-state index is 0.0337. The highest BCUT2D eigenvalue weighted by atomic mass is 16.6. The van der Waals surface area contributed by atoms with Crippen molar-refractivity contribution in [1.29, 1.82) is 5.26 Å². The fourth-order valence-electron chi connectivity index (χ4n) is 3.20. The molecule has 38 heavy (non-hydrogen) atoms. The van der Waals surface area contributed by atoms with Crippen molar-refractivity contribution in [2.75, 3.05) is 0 Å². The van der Waals surface area contributed by atoms with Crippen LogP contribution < -0.4 is 5.43 Å². The quantitative estimate of drug-likeness (QED) is 0.169. The van der Waals surface area contributed by atoms with E-state index in [1.807, 2.05) is 42.5 Å². The number of esters is 1. The predicted octanol–water partition coefficient (Wildman–Crippen LogP) is 5.47. The van der Waals surface area contributed by atoms with E-state index in [0.717, 1.165) is 16.1 Å². The summed E-state index contributed by atoms with van der Waals surface area (Å²) in [4.78, 5) is 38.7. The van der Waals surface area contributed by atoms with Gasteiger partial charge in [-0.15, -0.1) is 0 Å². The maximum absolute atomic E-state index is 13.2. The molecule has 0 heterocycles. The molecule has 1 N–H and O–H groups in total. The van der Waals surface area contributed by atoms with Gasteiger partial charge in [-0.2, -0.15) is 5.26 Å². The van der Waals surface area contributed by atoms with E-state index < -0.39 is 35.4 Å². The molecule has 202 valence electrons. The van der Waals surface area contributed by atoms with E-state index in [1.54, 1.807) is 65.8 Å². The van der Waals surface area contributed by atoms with Gasteiger partial charge < -0.3 is 14.2 Å². The SMILES string of the molecule is CC(C)(C)OC(=O)NN(C(=O)OC(C)(C)C)[C@H](/C=C(\C#N)C(=O)OCc1ccccc1)Cc1ccccc1. The summed E-state index contributed by atoms with van der Waals surface area (Å²) in [5.74, 6) is -0.865. The van der Waals surface area contributed by atoms with Crippen LogP contribution in [-0.4, -0.2) is 40.4 Å². The number of amides is 2. The van der Waals surface area contributed by atoms with Gasteiger partial charge >= 0.3 is 18.2 Å². The molecule has 2 rings (SSSR count). The third-order valence-corrected chi connectivity index (χ3v) is 4.73. The summed E-state index contributed by atoms with van der Waals surface area (Å²) in [6.45, 7) is 10.1. The van der Waals surface area contributed by atoms with Crippen LogP contribution in [0.3, 0.4) is 0 Å². The Labute approximate surface area is 224 Å². The van der Waals surface area contributed by atoms with Crippen LogP contribution >= 0.6 is 0 Å². The molecule has 1 atom stereocenters. The average Bonchev–Trinajstić information content (AvgIpc) is 2.82. The van der Waals surface area contributed by atoms with Crippen molar-refractivity contribution < 1.29 is 28.6 Å². The molecule has 0 bridgehead atoms. The summed E-state index contributed by atoms with van der Waals surface area (Å²) in [7, 11) is 0. The zero-order valence-electron chi connectivity index (χ0n) is 22.7. The zero-order chi connectivity index (χ0) is 28.3. The van der Waals surface area contributed by atoms with Crippen molar-refractivity contribution in [3.05, 3.63) is 83.4 Å². The van der Waals surface area contributed by atoms with Crippen molar-refractivity contribution in [1.82, 2.24) is 10.4 Å². The molecule has 2 aromatic rings. The van der Waals surface area contributed by atoms with Crippen LogP contribution in [0, 0.1) is 11.3 Å². The number of carbonyl (C=O) groups excluding carboxylic acids is 3. The summed E-state index contributed by atoms with van der Waals surface area (Å²) in [6.07, 6.45) is -0.371. The number of nitrogens with zero attached hydrogens (tertiary/aromatic N) is 2. The highest BCUT2D eigenvalue weighted by Crippen LogP contribution is 2.18. The Kier molecular flexibility index (Phi) is 10.5. The first kappa shape index (κ1) is 29.9. The molecule has 0 aliphatic rings. The molecule has 0 aliphatic carbocycles. The average molecular weight is 522 g/mol. The van der Waals surface area contributed by atoms with Gasteiger partial charge in [0.1, 0.15) is 29.5 Å². The maximum Gasteiger partial charge on any atom is 0.429 e. The Morgan fingerprint density at radius 1 is 0.895 bits per heavy atom. The highest BCUT2D eigenvalue weighted by molar-refractivity contribution is 5.93. The summed E-state index contributed by atoms with van der Waals surface area (Å²) in [5.41, 5.74) is 1.90. The molecule has 0 unspecified atom stereocenters. The molecule has 9 nitrogen and oxygen atoms in total. The van der Waals surface area contributed by atoms with Gasteiger partial charge in [-0.05, 0) is 65.2 Å². The number of hydrazine groups is 1. The number of benzene rings is 2. The fraction of sp³-hybridized carbons (Fsp3) is 0.379. The molecule has 0 aliphatic heterocycles. The largest absolute Gasteiger partial charge is 0.457 e. The van der Waals surface area contributed by atoms with Gasteiger partial charge in [-0.25, -0.2) is 24.8 Å². The molecule has 9 heteroatoms. The van der Waals surface area contributed by atoms with Gasteiger partial charge in [-0.1, -0.05) is 60.7 Å². The van der Waals surface area contributed by atoms with E-state index >= 15 is 0 Å². The third-order valence-electron chi connectivity index (χ3n) is 4.73. The van der Waals surface area contributed by atoms with Gasteiger partial charge in [0.15, 0.2) is 0 Å². The smallest absolute Gasteiger partial charge is 0.429 e. The van der Waals surface area contributed by atoms with Crippen LogP contribution in [0.25, 0.3) is 0 Å². The lowest BCUT2D eigenvalue weighted by molar-refractivity contribution is -0.139. The molecular formula is C29H35N3O6. The van der Waals surface area contributed by atoms with E-state index in [0.29, 0.717) is 0 Å². The van der Waals surface area contributed by atoms with Gasteiger partial charge in [0.05, 0.1) is 6.04 Å². The first-order chi connectivity index (χ1) is 17.8.